The average molecular weight is 399 g/mol. The molecule has 146 valence electrons. The molecule has 2 aliphatic rings. The van der Waals surface area contributed by atoms with Gasteiger partial charge >= 0.3 is 0 Å². The summed E-state index contributed by atoms with van der Waals surface area (Å²) in [5.41, 5.74) is 1.05. The number of nitrogens with one attached hydrogen (secondary N) is 1. The minimum atomic E-state index is -0.264. The van der Waals surface area contributed by atoms with E-state index in [9.17, 15) is 14.4 Å². The first kappa shape index (κ1) is 18.5. The van der Waals surface area contributed by atoms with Crippen LogP contribution in [0.2, 0.25) is 0 Å². The second kappa shape index (κ2) is 8.02. The third-order valence-electron chi connectivity index (χ3n) is 4.91. The highest BCUT2D eigenvalue weighted by Crippen LogP contribution is 2.35. The summed E-state index contributed by atoms with van der Waals surface area (Å²) in [6.07, 6.45) is 3.13. The molecular weight excluding hydrogens is 378 g/mol. The number of amides is 3. The molecule has 4 rings (SSSR count). The van der Waals surface area contributed by atoms with Gasteiger partial charge in [-0.15, -0.1) is 11.3 Å². The summed E-state index contributed by atoms with van der Waals surface area (Å²) in [5, 5.41) is 4.66. The summed E-state index contributed by atoms with van der Waals surface area (Å²) >= 11 is 1.35. The van der Waals surface area contributed by atoms with Gasteiger partial charge in [-0.2, -0.15) is 0 Å². The highest BCUT2D eigenvalue weighted by atomic mass is 32.1. The molecule has 2 aliphatic heterocycles. The van der Waals surface area contributed by atoms with E-state index in [4.69, 9.17) is 4.74 Å². The number of carbonyl (C=O) groups excluding carboxylic acids is 3. The molecule has 0 saturated carbocycles. The lowest BCUT2D eigenvalue weighted by atomic mass is 10.1. The SMILES string of the molecule is O=C(Nc1ccc2c(c1)N(CC(=O)N1CCCCC1)C(=O)CO2)c1cccs1. The lowest BCUT2D eigenvalue weighted by Crippen LogP contribution is -2.47. The molecule has 0 radical (unpaired) electrons. The summed E-state index contributed by atoms with van der Waals surface area (Å²) in [6.45, 7) is 1.36. The van der Waals surface area contributed by atoms with Crippen molar-refractivity contribution in [2.45, 2.75) is 19.3 Å². The average Bonchev–Trinajstić information content (AvgIpc) is 3.26. The Morgan fingerprint density at radius 3 is 2.71 bits per heavy atom. The van der Waals surface area contributed by atoms with Crippen LogP contribution in [-0.2, 0) is 9.59 Å². The quantitative estimate of drug-likeness (QED) is 0.857. The number of anilines is 2. The van der Waals surface area contributed by atoms with Crippen molar-refractivity contribution in [3.05, 3.63) is 40.6 Å². The number of thiophene rings is 1. The van der Waals surface area contributed by atoms with Gasteiger partial charge in [-0.05, 0) is 48.9 Å². The van der Waals surface area contributed by atoms with Gasteiger partial charge in [0.05, 0.1) is 10.6 Å². The van der Waals surface area contributed by atoms with Gasteiger partial charge in [0.1, 0.15) is 12.3 Å². The summed E-state index contributed by atoms with van der Waals surface area (Å²) in [5.74, 6) is -0.0115. The topological polar surface area (TPSA) is 79.0 Å². The van der Waals surface area contributed by atoms with Gasteiger partial charge in [0.15, 0.2) is 6.61 Å². The van der Waals surface area contributed by atoms with Crippen LogP contribution in [-0.4, -0.2) is 48.9 Å². The van der Waals surface area contributed by atoms with E-state index in [0.717, 1.165) is 32.4 Å². The summed E-state index contributed by atoms with van der Waals surface area (Å²) in [6, 6.07) is 8.68. The zero-order valence-electron chi connectivity index (χ0n) is 15.3. The minimum absolute atomic E-state index is 0.0164. The van der Waals surface area contributed by atoms with Crippen molar-refractivity contribution in [3.63, 3.8) is 0 Å². The number of fused-ring (bicyclic) bond motifs is 1. The third kappa shape index (κ3) is 3.87. The van der Waals surface area contributed by atoms with E-state index >= 15 is 0 Å². The molecule has 1 aromatic carbocycles. The molecule has 1 fully saturated rings. The van der Waals surface area contributed by atoms with E-state index in [2.05, 4.69) is 5.32 Å². The maximum Gasteiger partial charge on any atom is 0.265 e. The molecule has 0 spiro atoms. The molecular formula is C20H21N3O4S. The minimum Gasteiger partial charge on any atom is -0.482 e. The van der Waals surface area contributed by atoms with Crippen molar-refractivity contribution < 1.29 is 19.1 Å². The lowest BCUT2D eigenvalue weighted by molar-refractivity contribution is -0.132. The molecule has 8 heteroatoms. The Kier molecular flexibility index (Phi) is 5.29. The number of carbonyl (C=O) groups is 3. The Bertz CT molecular complexity index is 891. The van der Waals surface area contributed by atoms with Crippen LogP contribution in [0.25, 0.3) is 0 Å². The molecule has 28 heavy (non-hydrogen) atoms. The van der Waals surface area contributed by atoms with Crippen molar-refractivity contribution in [1.82, 2.24) is 4.90 Å². The Balaban J connectivity index is 1.53. The molecule has 3 heterocycles. The molecule has 0 atom stereocenters. The van der Waals surface area contributed by atoms with Crippen LogP contribution >= 0.6 is 11.3 Å². The first-order valence-corrected chi connectivity index (χ1v) is 10.2. The standard InChI is InChI=1S/C20H21N3O4S/c24-18(22-8-2-1-3-9-22)12-23-15-11-14(6-7-16(15)27-13-19(23)25)21-20(26)17-5-4-10-28-17/h4-7,10-11H,1-3,8-9,12-13H2,(H,21,26). The molecule has 3 amide bonds. The third-order valence-corrected chi connectivity index (χ3v) is 5.78. The van der Waals surface area contributed by atoms with Gasteiger partial charge in [0, 0.05) is 18.8 Å². The fourth-order valence-electron chi connectivity index (χ4n) is 3.43. The Labute approximate surface area is 166 Å². The van der Waals surface area contributed by atoms with E-state index in [0.29, 0.717) is 22.0 Å². The highest BCUT2D eigenvalue weighted by molar-refractivity contribution is 7.12. The van der Waals surface area contributed by atoms with Crippen molar-refractivity contribution >= 4 is 40.4 Å². The van der Waals surface area contributed by atoms with Crippen LogP contribution in [0.1, 0.15) is 28.9 Å². The second-order valence-electron chi connectivity index (χ2n) is 6.82. The van der Waals surface area contributed by atoms with Crippen LogP contribution in [0.5, 0.6) is 5.75 Å². The monoisotopic (exact) mass is 399 g/mol. The van der Waals surface area contributed by atoms with Gasteiger partial charge in [0.25, 0.3) is 11.8 Å². The second-order valence-corrected chi connectivity index (χ2v) is 7.77. The van der Waals surface area contributed by atoms with E-state index in [1.54, 1.807) is 24.3 Å². The first-order chi connectivity index (χ1) is 13.6. The molecule has 1 N–H and O–H groups in total. The normalized spacial score (nSPS) is 16.4. The van der Waals surface area contributed by atoms with Gasteiger partial charge in [0.2, 0.25) is 5.91 Å². The van der Waals surface area contributed by atoms with E-state index < -0.39 is 0 Å². The Morgan fingerprint density at radius 1 is 1.14 bits per heavy atom. The zero-order chi connectivity index (χ0) is 19.5. The molecule has 0 unspecified atom stereocenters. The molecule has 1 saturated heterocycles. The molecule has 2 aromatic rings. The predicted molar refractivity (Wildman–Crippen MR) is 107 cm³/mol. The highest BCUT2D eigenvalue weighted by Gasteiger charge is 2.29. The van der Waals surface area contributed by atoms with E-state index in [1.165, 1.54) is 16.2 Å². The zero-order valence-corrected chi connectivity index (χ0v) is 16.2. The molecule has 7 nitrogen and oxygen atoms in total. The van der Waals surface area contributed by atoms with Gasteiger partial charge in [-0.3, -0.25) is 19.3 Å². The van der Waals surface area contributed by atoms with Gasteiger partial charge < -0.3 is 15.0 Å². The summed E-state index contributed by atoms with van der Waals surface area (Å²) in [7, 11) is 0. The smallest absolute Gasteiger partial charge is 0.265 e. The van der Waals surface area contributed by atoms with Gasteiger partial charge in [-0.1, -0.05) is 6.07 Å². The largest absolute Gasteiger partial charge is 0.482 e. The maximum atomic E-state index is 12.7. The molecule has 1 aromatic heterocycles. The van der Waals surface area contributed by atoms with Crippen LogP contribution < -0.4 is 15.0 Å². The fourth-order valence-corrected chi connectivity index (χ4v) is 4.05. The number of hydrogen-bond donors (Lipinski definition) is 1. The molecule has 0 bridgehead atoms. The number of ether oxygens (including phenoxy) is 1. The number of rotatable bonds is 4. The maximum absolute atomic E-state index is 12.7. The van der Waals surface area contributed by atoms with Crippen LogP contribution in [0.3, 0.4) is 0 Å². The van der Waals surface area contributed by atoms with Crippen molar-refractivity contribution in [1.29, 1.82) is 0 Å². The van der Waals surface area contributed by atoms with Crippen molar-refractivity contribution in [2.75, 3.05) is 36.5 Å². The van der Waals surface area contributed by atoms with Crippen LogP contribution in [0.4, 0.5) is 11.4 Å². The Hall–Kier alpha value is -2.87. The van der Waals surface area contributed by atoms with Crippen molar-refractivity contribution in [2.24, 2.45) is 0 Å². The van der Waals surface area contributed by atoms with E-state index in [-0.39, 0.29) is 30.9 Å². The lowest BCUT2D eigenvalue weighted by Gasteiger charge is -2.33. The van der Waals surface area contributed by atoms with Gasteiger partial charge in [-0.25, -0.2) is 0 Å². The first-order valence-electron chi connectivity index (χ1n) is 9.31. The Morgan fingerprint density at radius 2 is 1.96 bits per heavy atom. The summed E-state index contributed by atoms with van der Waals surface area (Å²) < 4.78 is 5.50. The van der Waals surface area contributed by atoms with Crippen LogP contribution in [0, 0.1) is 0 Å². The molecule has 0 aliphatic carbocycles. The number of nitrogens with zero attached hydrogens (tertiary/aromatic N) is 2. The number of piperidine rings is 1. The van der Waals surface area contributed by atoms with Crippen LogP contribution in [0.15, 0.2) is 35.7 Å². The summed E-state index contributed by atoms with van der Waals surface area (Å²) in [4.78, 5) is 41.3. The fraction of sp³-hybridized carbons (Fsp3) is 0.350. The van der Waals surface area contributed by atoms with E-state index in [1.807, 2.05) is 16.3 Å². The number of benzene rings is 1. The van der Waals surface area contributed by atoms with Crippen molar-refractivity contribution in [3.8, 4) is 5.75 Å². The number of likely N-dealkylation sites (tertiary alicyclic amines) is 1. The number of hydrogen-bond acceptors (Lipinski definition) is 5. The predicted octanol–water partition coefficient (Wildman–Crippen LogP) is 2.74.